The van der Waals surface area contributed by atoms with Crippen LogP contribution in [-0.4, -0.2) is 16.6 Å². The van der Waals surface area contributed by atoms with E-state index in [1.54, 1.807) is 19.1 Å². The summed E-state index contributed by atoms with van der Waals surface area (Å²) in [5.41, 5.74) is 0.186. The van der Waals surface area contributed by atoms with Gasteiger partial charge in [-0.1, -0.05) is 18.9 Å². The molecule has 0 heterocycles. The van der Waals surface area contributed by atoms with Gasteiger partial charge in [0.1, 0.15) is 11.4 Å². The number of hydrogen-bond donors (Lipinski definition) is 2. The molecule has 0 saturated heterocycles. The lowest BCUT2D eigenvalue weighted by Crippen LogP contribution is -2.43. The molecule has 1 fully saturated rings. The van der Waals surface area contributed by atoms with Crippen molar-refractivity contribution in [1.29, 1.82) is 0 Å². The molecule has 0 amide bonds. The van der Waals surface area contributed by atoms with E-state index in [0.29, 0.717) is 24.1 Å². The van der Waals surface area contributed by atoms with Gasteiger partial charge in [-0.05, 0) is 37.5 Å². The third-order valence-electron chi connectivity index (χ3n) is 3.42. The molecule has 0 bridgehead atoms. The van der Waals surface area contributed by atoms with Crippen LogP contribution in [0.5, 0.6) is 0 Å². The quantitative estimate of drug-likeness (QED) is 0.849. The van der Waals surface area contributed by atoms with Gasteiger partial charge in [0, 0.05) is 5.69 Å². The van der Waals surface area contributed by atoms with E-state index in [1.165, 1.54) is 6.07 Å². The maximum atomic E-state index is 13.4. The molecule has 2 N–H and O–H groups in total. The van der Waals surface area contributed by atoms with Gasteiger partial charge in [0.05, 0.1) is 0 Å². The first-order valence-electron chi connectivity index (χ1n) is 5.81. The molecule has 92 valence electrons. The molecule has 0 aromatic heterocycles. The average molecular weight is 237 g/mol. The molecular weight excluding hydrogens is 221 g/mol. The van der Waals surface area contributed by atoms with Gasteiger partial charge < -0.3 is 10.4 Å². The second-order valence-corrected chi connectivity index (χ2v) is 4.68. The van der Waals surface area contributed by atoms with Gasteiger partial charge >= 0.3 is 5.97 Å². The Labute approximate surface area is 99.7 Å². The fourth-order valence-electron chi connectivity index (χ4n) is 2.32. The lowest BCUT2D eigenvalue weighted by molar-refractivity contribution is -0.142. The van der Waals surface area contributed by atoms with Crippen molar-refractivity contribution in [1.82, 2.24) is 0 Å². The molecule has 0 aliphatic heterocycles. The summed E-state index contributed by atoms with van der Waals surface area (Å²) in [6.45, 7) is 1.68. The molecule has 1 saturated carbocycles. The van der Waals surface area contributed by atoms with Crippen LogP contribution in [0.2, 0.25) is 0 Å². The van der Waals surface area contributed by atoms with E-state index in [9.17, 15) is 14.3 Å². The van der Waals surface area contributed by atoms with E-state index in [-0.39, 0.29) is 5.82 Å². The van der Waals surface area contributed by atoms with Crippen molar-refractivity contribution >= 4 is 11.7 Å². The predicted octanol–water partition coefficient (Wildman–Crippen LogP) is 2.94. The third kappa shape index (κ3) is 2.25. The summed E-state index contributed by atoms with van der Waals surface area (Å²) >= 11 is 0. The van der Waals surface area contributed by atoms with Crippen LogP contribution >= 0.6 is 0 Å². The minimum Gasteiger partial charge on any atom is -0.480 e. The van der Waals surface area contributed by atoms with Crippen LogP contribution in [0.25, 0.3) is 0 Å². The van der Waals surface area contributed by atoms with Crippen LogP contribution in [-0.2, 0) is 4.79 Å². The number of halogens is 1. The summed E-state index contributed by atoms with van der Waals surface area (Å²) in [7, 11) is 0. The number of carboxylic acids is 1. The number of aryl methyl sites for hydroxylation is 1. The molecule has 0 unspecified atom stereocenters. The Morgan fingerprint density at radius 2 is 2.06 bits per heavy atom. The van der Waals surface area contributed by atoms with Crippen LogP contribution in [0.15, 0.2) is 18.2 Å². The Balaban J connectivity index is 2.23. The van der Waals surface area contributed by atoms with Gasteiger partial charge in [-0.15, -0.1) is 0 Å². The van der Waals surface area contributed by atoms with Gasteiger partial charge in [0.15, 0.2) is 0 Å². The summed E-state index contributed by atoms with van der Waals surface area (Å²) in [6, 6.07) is 4.74. The largest absolute Gasteiger partial charge is 0.480 e. The summed E-state index contributed by atoms with van der Waals surface area (Å²) in [5.74, 6) is -1.16. The molecule has 1 aromatic rings. The number of carbonyl (C=O) groups is 1. The lowest BCUT2D eigenvalue weighted by Gasteiger charge is -2.26. The van der Waals surface area contributed by atoms with Gasteiger partial charge in [0.25, 0.3) is 0 Å². The topological polar surface area (TPSA) is 49.3 Å². The van der Waals surface area contributed by atoms with Gasteiger partial charge in [-0.3, -0.25) is 0 Å². The Hall–Kier alpha value is -1.58. The number of hydrogen-bond acceptors (Lipinski definition) is 2. The minimum atomic E-state index is -0.915. The highest BCUT2D eigenvalue weighted by Crippen LogP contribution is 2.33. The molecule has 2 rings (SSSR count). The standard InChI is InChI=1S/C13H16FNO2/c1-9-4-5-10(8-11(9)14)15-13(12(16)17)6-2-3-7-13/h4-5,8,15H,2-3,6-7H2,1H3,(H,16,17). The zero-order chi connectivity index (χ0) is 12.5. The van der Waals surface area contributed by atoms with E-state index in [0.717, 1.165) is 12.8 Å². The molecule has 0 atom stereocenters. The summed E-state index contributed by atoms with van der Waals surface area (Å²) < 4.78 is 13.4. The average Bonchev–Trinajstić information content (AvgIpc) is 2.73. The predicted molar refractivity (Wildman–Crippen MR) is 63.6 cm³/mol. The minimum absolute atomic E-state index is 0.312. The molecule has 1 aromatic carbocycles. The fourth-order valence-corrected chi connectivity index (χ4v) is 2.32. The highest BCUT2D eigenvalue weighted by Gasteiger charge is 2.41. The monoisotopic (exact) mass is 237 g/mol. The SMILES string of the molecule is Cc1ccc(NC2(C(=O)O)CCCC2)cc1F. The Morgan fingerprint density at radius 1 is 1.41 bits per heavy atom. The number of nitrogens with one attached hydrogen (secondary N) is 1. The first-order chi connectivity index (χ1) is 8.03. The number of aliphatic carboxylic acids is 1. The molecule has 3 nitrogen and oxygen atoms in total. The number of carboxylic acid groups (broad SMARTS) is 1. The van der Waals surface area contributed by atoms with E-state index < -0.39 is 11.5 Å². The van der Waals surface area contributed by atoms with E-state index in [4.69, 9.17) is 0 Å². The third-order valence-corrected chi connectivity index (χ3v) is 3.42. The van der Waals surface area contributed by atoms with Gasteiger partial charge in [-0.25, -0.2) is 9.18 Å². The van der Waals surface area contributed by atoms with Crippen molar-refractivity contribution < 1.29 is 14.3 Å². The fraction of sp³-hybridized carbons (Fsp3) is 0.462. The summed E-state index contributed by atoms with van der Waals surface area (Å²) in [5, 5.41) is 12.3. The second kappa shape index (κ2) is 4.35. The summed E-state index contributed by atoms with van der Waals surface area (Å²) in [4.78, 5) is 11.3. The lowest BCUT2D eigenvalue weighted by atomic mass is 9.97. The number of anilines is 1. The van der Waals surface area contributed by atoms with E-state index >= 15 is 0 Å². The van der Waals surface area contributed by atoms with Crippen molar-refractivity contribution in [3.8, 4) is 0 Å². The van der Waals surface area contributed by atoms with Crippen LogP contribution in [0.1, 0.15) is 31.2 Å². The van der Waals surface area contributed by atoms with E-state index in [2.05, 4.69) is 5.32 Å². The maximum absolute atomic E-state index is 13.4. The van der Waals surface area contributed by atoms with Crippen molar-refractivity contribution in [2.45, 2.75) is 38.1 Å². The number of benzene rings is 1. The van der Waals surface area contributed by atoms with Crippen molar-refractivity contribution in [3.63, 3.8) is 0 Å². The zero-order valence-electron chi connectivity index (χ0n) is 9.79. The highest BCUT2D eigenvalue weighted by atomic mass is 19.1. The van der Waals surface area contributed by atoms with Gasteiger partial charge in [-0.2, -0.15) is 0 Å². The van der Waals surface area contributed by atoms with Crippen LogP contribution < -0.4 is 5.32 Å². The Kier molecular flexibility index (Phi) is 3.05. The first-order valence-corrected chi connectivity index (χ1v) is 5.81. The maximum Gasteiger partial charge on any atom is 0.329 e. The van der Waals surface area contributed by atoms with Crippen molar-refractivity contribution in [2.24, 2.45) is 0 Å². The molecule has 0 radical (unpaired) electrons. The molecule has 4 heteroatoms. The van der Waals surface area contributed by atoms with E-state index in [1.807, 2.05) is 0 Å². The molecule has 1 aliphatic rings. The molecular formula is C13H16FNO2. The highest BCUT2D eigenvalue weighted by molar-refractivity contribution is 5.83. The first kappa shape index (κ1) is 11.9. The molecule has 0 spiro atoms. The van der Waals surface area contributed by atoms with Crippen LogP contribution in [0.3, 0.4) is 0 Å². The summed E-state index contributed by atoms with van der Waals surface area (Å²) in [6.07, 6.45) is 2.98. The Morgan fingerprint density at radius 3 is 2.59 bits per heavy atom. The second-order valence-electron chi connectivity index (χ2n) is 4.68. The van der Waals surface area contributed by atoms with Crippen molar-refractivity contribution in [3.05, 3.63) is 29.6 Å². The normalized spacial score (nSPS) is 18.0. The van der Waals surface area contributed by atoms with Crippen LogP contribution in [0, 0.1) is 12.7 Å². The van der Waals surface area contributed by atoms with Crippen LogP contribution in [0.4, 0.5) is 10.1 Å². The molecule has 17 heavy (non-hydrogen) atoms. The number of rotatable bonds is 3. The van der Waals surface area contributed by atoms with Crippen molar-refractivity contribution in [2.75, 3.05) is 5.32 Å². The van der Waals surface area contributed by atoms with Gasteiger partial charge in [0.2, 0.25) is 0 Å². The molecule has 1 aliphatic carbocycles. The Bertz CT molecular complexity index is 439. The smallest absolute Gasteiger partial charge is 0.329 e. The zero-order valence-corrected chi connectivity index (χ0v) is 9.79.